The molecule has 2 N–H and O–H groups in total. The van der Waals surface area contributed by atoms with Gasteiger partial charge < -0.3 is 10.6 Å². The number of hydrogen-bond acceptors (Lipinski definition) is 2. The van der Waals surface area contributed by atoms with E-state index in [1.807, 2.05) is 24.3 Å². The van der Waals surface area contributed by atoms with Crippen molar-refractivity contribution < 1.29 is 9.18 Å². The predicted molar refractivity (Wildman–Crippen MR) is 72.2 cm³/mol. The first-order valence-corrected chi connectivity index (χ1v) is 6.82. The fraction of sp³-hybridized carbons (Fsp3) is 0.462. The van der Waals surface area contributed by atoms with E-state index in [1.54, 1.807) is 0 Å². The van der Waals surface area contributed by atoms with Gasteiger partial charge in [0, 0.05) is 23.6 Å². The smallest absolute Gasteiger partial charge is 0.224 e. The van der Waals surface area contributed by atoms with Crippen molar-refractivity contribution in [3.05, 3.63) is 34.3 Å². The Balaban J connectivity index is 1.77. The zero-order chi connectivity index (χ0) is 13.0. The molecule has 0 aliphatic carbocycles. The maximum absolute atomic E-state index is 12.9. The summed E-state index contributed by atoms with van der Waals surface area (Å²) < 4.78 is 13.8. The molecule has 5 heteroatoms. The molecule has 0 bridgehead atoms. The van der Waals surface area contributed by atoms with Crippen LogP contribution in [0.4, 0.5) is 4.39 Å². The molecule has 1 aromatic rings. The first kappa shape index (κ1) is 13.5. The third-order valence-electron chi connectivity index (χ3n) is 3.02. The number of carbonyl (C=O) groups excluding carboxylic acids is 1. The van der Waals surface area contributed by atoms with Gasteiger partial charge in [0.25, 0.3) is 0 Å². The number of halogens is 2. The van der Waals surface area contributed by atoms with E-state index >= 15 is 0 Å². The Hall–Kier alpha value is -0.940. The minimum atomic E-state index is -0.782. The average molecular weight is 315 g/mol. The van der Waals surface area contributed by atoms with Gasteiger partial charge in [0.2, 0.25) is 5.91 Å². The number of hydrogen-bond donors (Lipinski definition) is 2. The molecule has 0 spiro atoms. The Morgan fingerprint density at radius 1 is 1.50 bits per heavy atom. The number of rotatable bonds is 4. The molecule has 2 atom stereocenters. The molecule has 1 fully saturated rings. The highest BCUT2D eigenvalue weighted by Crippen LogP contribution is 2.16. The summed E-state index contributed by atoms with van der Waals surface area (Å²) in [5.74, 6) is -0.0361. The quantitative estimate of drug-likeness (QED) is 0.890. The van der Waals surface area contributed by atoms with Crippen LogP contribution in [0.15, 0.2) is 28.7 Å². The number of carbonyl (C=O) groups is 1. The van der Waals surface area contributed by atoms with Gasteiger partial charge >= 0.3 is 0 Å². The van der Waals surface area contributed by atoms with E-state index in [4.69, 9.17) is 0 Å². The Morgan fingerprint density at radius 3 is 2.94 bits per heavy atom. The zero-order valence-electron chi connectivity index (χ0n) is 9.96. The molecule has 2 rings (SSSR count). The Bertz CT molecular complexity index is 427. The molecule has 98 valence electrons. The van der Waals surface area contributed by atoms with E-state index in [1.165, 1.54) is 0 Å². The van der Waals surface area contributed by atoms with Crippen molar-refractivity contribution in [2.45, 2.75) is 25.1 Å². The first-order valence-electron chi connectivity index (χ1n) is 6.02. The summed E-state index contributed by atoms with van der Waals surface area (Å²) in [4.78, 5) is 11.7. The van der Waals surface area contributed by atoms with E-state index in [2.05, 4.69) is 26.6 Å². The fourth-order valence-electron chi connectivity index (χ4n) is 2.04. The first-order chi connectivity index (χ1) is 8.65. The van der Waals surface area contributed by atoms with Crippen molar-refractivity contribution in [3.63, 3.8) is 0 Å². The number of amides is 1. The molecule has 1 aliphatic rings. The summed E-state index contributed by atoms with van der Waals surface area (Å²) in [5, 5.41) is 5.87. The van der Waals surface area contributed by atoms with Gasteiger partial charge in [0.05, 0.1) is 6.42 Å². The number of nitrogens with one attached hydrogen (secondary N) is 2. The van der Waals surface area contributed by atoms with Crippen LogP contribution in [0.1, 0.15) is 12.0 Å². The lowest BCUT2D eigenvalue weighted by molar-refractivity contribution is -0.120. The maximum Gasteiger partial charge on any atom is 0.224 e. The fourth-order valence-corrected chi connectivity index (χ4v) is 2.46. The second kappa shape index (κ2) is 6.29. The van der Waals surface area contributed by atoms with Crippen LogP contribution in [0.2, 0.25) is 0 Å². The van der Waals surface area contributed by atoms with Crippen molar-refractivity contribution in [1.82, 2.24) is 10.6 Å². The molecule has 3 nitrogen and oxygen atoms in total. The van der Waals surface area contributed by atoms with Crippen molar-refractivity contribution >= 4 is 21.8 Å². The molecule has 1 aromatic carbocycles. The zero-order valence-corrected chi connectivity index (χ0v) is 11.5. The van der Waals surface area contributed by atoms with E-state index in [0.29, 0.717) is 25.9 Å². The van der Waals surface area contributed by atoms with Gasteiger partial charge in [0.15, 0.2) is 0 Å². The van der Waals surface area contributed by atoms with Gasteiger partial charge in [-0.2, -0.15) is 0 Å². The molecule has 0 aromatic heterocycles. The van der Waals surface area contributed by atoms with Crippen LogP contribution in [-0.4, -0.2) is 31.2 Å². The van der Waals surface area contributed by atoms with Crippen LogP contribution in [0.25, 0.3) is 0 Å². The van der Waals surface area contributed by atoms with E-state index < -0.39 is 6.17 Å². The molecule has 1 aliphatic heterocycles. The molecule has 0 unspecified atom stereocenters. The van der Waals surface area contributed by atoms with Crippen LogP contribution in [0, 0.1) is 0 Å². The molecular weight excluding hydrogens is 299 g/mol. The van der Waals surface area contributed by atoms with Crippen molar-refractivity contribution in [2.75, 3.05) is 13.1 Å². The normalized spacial score (nSPS) is 23.0. The van der Waals surface area contributed by atoms with Crippen LogP contribution < -0.4 is 10.6 Å². The molecular formula is C13H16BrFN2O. The highest BCUT2D eigenvalue weighted by molar-refractivity contribution is 9.10. The lowest BCUT2D eigenvalue weighted by atomic mass is 10.1. The summed E-state index contributed by atoms with van der Waals surface area (Å²) >= 11 is 3.41. The molecule has 0 radical (unpaired) electrons. The molecule has 18 heavy (non-hydrogen) atoms. The number of benzene rings is 1. The lowest BCUT2D eigenvalue weighted by Gasteiger charge is -2.11. The Kier molecular flexibility index (Phi) is 4.72. The number of alkyl halides is 1. The van der Waals surface area contributed by atoms with E-state index in [9.17, 15) is 9.18 Å². The highest BCUT2D eigenvalue weighted by atomic mass is 79.9. The van der Waals surface area contributed by atoms with Crippen LogP contribution in [-0.2, 0) is 11.2 Å². The SMILES string of the molecule is O=C(Cc1ccccc1Br)NC[C@@H]1C[C@H](F)CN1. The highest BCUT2D eigenvalue weighted by Gasteiger charge is 2.23. The third kappa shape index (κ3) is 3.78. The monoisotopic (exact) mass is 314 g/mol. The predicted octanol–water partition coefficient (Wildman–Crippen LogP) is 1.81. The standard InChI is InChI=1S/C13H16BrFN2O/c14-12-4-2-1-3-9(12)5-13(18)17-8-11-6-10(15)7-16-11/h1-4,10-11,16H,5-8H2,(H,17,18)/t10-,11-/m0/s1. The van der Waals surface area contributed by atoms with Crippen molar-refractivity contribution in [1.29, 1.82) is 0 Å². The van der Waals surface area contributed by atoms with Gasteiger partial charge in [-0.1, -0.05) is 34.1 Å². The second-order valence-corrected chi connectivity index (χ2v) is 5.36. The summed E-state index contributed by atoms with van der Waals surface area (Å²) in [6.07, 6.45) is 0.0397. The van der Waals surface area contributed by atoms with E-state index in [-0.39, 0.29) is 11.9 Å². The summed E-state index contributed by atoms with van der Waals surface area (Å²) in [5.41, 5.74) is 0.956. The summed E-state index contributed by atoms with van der Waals surface area (Å²) in [6.45, 7) is 0.883. The van der Waals surface area contributed by atoms with Gasteiger partial charge in [-0.3, -0.25) is 4.79 Å². The van der Waals surface area contributed by atoms with Crippen molar-refractivity contribution in [2.24, 2.45) is 0 Å². The Labute approximate surface area is 114 Å². The minimum absolute atomic E-state index is 0.0361. The topological polar surface area (TPSA) is 41.1 Å². The second-order valence-electron chi connectivity index (χ2n) is 4.51. The van der Waals surface area contributed by atoms with E-state index in [0.717, 1.165) is 10.0 Å². The van der Waals surface area contributed by atoms with Gasteiger partial charge in [-0.05, 0) is 18.1 Å². The largest absolute Gasteiger partial charge is 0.354 e. The van der Waals surface area contributed by atoms with Crippen LogP contribution in [0.3, 0.4) is 0 Å². The van der Waals surface area contributed by atoms with Gasteiger partial charge in [0.1, 0.15) is 6.17 Å². The average Bonchev–Trinajstić information content (AvgIpc) is 2.76. The Morgan fingerprint density at radius 2 is 2.28 bits per heavy atom. The minimum Gasteiger partial charge on any atom is -0.354 e. The molecule has 0 saturated carbocycles. The maximum atomic E-state index is 12.9. The van der Waals surface area contributed by atoms with Gasteiger partial charge in [-0.25, -0.2) is 4.39 Å². The van der Waals surface area contributed by atoms with Crippen molar-refractivity contribution in [3.8, 4) is 0 Å². The van der Waals surface area contributed by atoms with Gasteiger partial charge in [-0.15, -0.1) is 0 Å². The van der Waals surface area contributed by atoms with Crippen LogP contribution >= 0.6 is 15.9 Å². The molecule has 1 amide bonds. The summed E-state index contributed by atoms with van der Waals surface area (Å²) in [7, 11) is 0. The van der Waals surface area contributed by atoms with Crippen LogP contribution in [0.5, 0.6) is 0 Å². The lowest BCUT2D eigenvalue weighted by Crippen LogP contribution is -2.37. The molecule has 1 heterocycles. The molecule has 1 saturated heterocycles. The third-order valence-corrected chi connectivity index (χ3v) is 3.80. The summed E-state index contributed by atoms with van der Waals surface area (Å²) in [6, 6.07) is 7.70.